The molecular formula is C25H29NO5. The average molecular weight is 424 g/mol. The lowest BCUT2D eigenvalue weighted by molar-refractivity contribution is -0.139. The summed E-state index contributed by atoms with van der Waals surface area (Å²) in [4.78, 5) is 27.3. The van der Waals surface area contributed by atoms with Crippen LogP contribution in [0.5, 0.6) is 11.5 Å². The van der Waals surface area contributed by atoms with Crippen LogP contribution in [-0.2, 0) is 9.59 Å². The van der Waals surface area contributed by atoms with Gasteiger partial charge < -0.3 is 19.5 Å². The molecule has 3 rings (SSSR count). The second kappa shape index (κ2) is 9.69. The van der Waals surface area contributed by atoms with E-state index in [9.17, 15) is 14.7 Å². The average Bonchev–Trinajstić information content (AvgIpc) is 3.02. The number of rotatable bonds is 8. The molecule has 1 saturated heterocycles. The Balaban J connectivity index is 2.13. The van der Waals surface area contributed by atoms with Crippen LogP contribution < -0.4 is 9.47 Å². The summed E-state index contributed by atoms with van der Waals surface area (Å²) >= 11 is 0. The number of likely N-dealkylation sites (tertiary alicyclic amines) is 1. The lowest BCUT2D eigenvalue weighted by atomic mass is 9.94. The Morgan fingerprint density at radius 1 is 1.13 bits per heavy atom. The Kier molecular flexibility index (Phi) is 7.00. The second-order valence-electron chi connectivity index (χ2n) is 7.97. The number of hydrogen-bond acceptors (Lipinski definition) is 5. The lowest BCUT2D eigenvalue weighted by Gasteiger charge is -2.26. The molecule has 0 saturated carbocycles. The van der Waals surface area contributed by atoms with Crippen LogP contribution in [-0.4, -0.2) is 42.0 Å². The van der Waals surface area contributed by atoms with Crippen LogP contribution in [0.4, 0.5) is 0 Å². The van der Waals surface area contributed by atoms with Crippen LogP contribution in [0.2, 0.25) is 0 Å². The number of aliphatic hydroxyl groups is 1. The van der Waals surface area contributed by atoms with Gasteiger partial charge in [0.25, 0.3) is 11.7 Å². The number of carbonyl (C=O) groups excluding carboxylic acids is 2. The topological polar surface area (TPSA) is 76.1 Å². The number of ether oxygens (including phenoxy) is 2. The van der Waals surface area contributed by atoms with Crippen LogP contribution in [0.1, 0.15) is 44.4 Å². The van der Waals surface area contributed by atoms with Gasteiger partial charge in [0.2, 0.25) is 0 Å². The molecule has 2 aromatic rings. The number of ketones is 1. The number of benzene rings is 2. The van der Waals surface area contributed by atoms with Crippen molar-refractivity contribution in [3.63, 3.8) is 0 Å². The van der Waals surface area contributed by atoms with Crippen molar-refractivity contribution in [2.24, 2.45) is 5.92 Å². The van der Waals surface area contributed by atoms with Gasteiger partial charge in [-0.3, -0.25) is 9.59 Å². The molecule has 0 aliphatic carbocycles. The highest BCUT2D eigenvalue weighted by Gasteiger charge is 2.46. The number of hydrogen-bond donors (Lipinski definition) is 1. The highest BCUT2D eigenvalue weighted by molar-refractivity contribution is 6.46. The van der Waals surface area contributed by atoms with Crippen LogP contribution in [0.3, 0.4) is 0 Å². The summed E-state index contributed by atoms with van der Waals surface area (Å²) in [6, 6.07) is 13.5. The van der Waals surface area contributed by atoms with E-state index >= 15 is 0 Å². The molecule has 1 atom stereocenters. The molecular weight excluding hydrogens is 394 g/mol. The van der Waals surface area contributed by atoms with Gasteiger partial charge >= 0.3 is 0 Å². The van der Waals surface area contributed by atoms with E-state index in [-0.39, 0.29) is 11.3 Å². The summed E-state index contributed by atoms with van der Waals surface area (Å²) in [5.41, 5.74) is 1.14. The molecule has 6 heteroatoms. The lowest BCUT2D eigenvalue weighted by Crippen LogP contribution is -2.30. The summed E-state index contributed by atoms with van der Waals surface area (Å²) in [5, 5.41) is 11.2. The molecule has 0 bridgehead atoms. The number of aliphatic hydroxyl groups excluding tert-OH is 1. The van der Waals surface area contributed by atoms with Gasteiger partial charge in [-0.05, 0) is 30.5 Å². The predicted molar refractivity (Wildman–Crippen MR) is 119 cm³/mol. The van der Waals surface area contributed by atoms with E-state index in [0.29, 0.717) is 48.1 Å². The highest BCUT2D eigenvalue weighted by Crippen LogP contribution is 2.42. The summed E-state index contributed by atoms with van der Waals surface area (Å²) in [6.45, 7) is 6.96. The zero-order valence-corrected chi connectivity index (χ0v) is 18.4. The summed E-state index contributed by atoms with van der Waals surface area (Å²) in [6.07, 6.45) is 0.678. The Hall–Kier alpha value is -3.28. The van der Waals surface area contributed by atoms with E-state index in [1.165, 1.54) is 4.90 Å². The molecule has 1 fully saturated rings. The summed E-state index contributed by atoms with van der Waals surface area (Å²) in [7, 11) is 1.54. The van der Waals surface area contributed by atoms with Gasteiger partial charge in [0.15, 0.2) is 0 Å². The van der Waals surface area contributed by atoms with Crippen molar-refractivity contribution in [1.82, 2.24) is 4.90 Å². The van der Waals surface area contributed by atoms with Gasteiger partial charge in [0.05, 0.1) is 25.3 Å². The first kappa shape index (κ1) is 22.4. The molecule has 0 aromatic heterocycles. The standard InChI is InChI=1S/C25H29NO5/c1-5-13-26-22(19-11-6-7-12-20(19)30-4)21(24(28)25(26)29)23(27)17-9-8-10-18(14-17)31-15-16(2)3/h6-12,14,16,22,27H,5,13,15H2,1-4H3/b23-21-. The number of amides is 1. The number of nitrogens with zero attached hydrogens (tertiary/aromatic N) is 1. The fraction of sp³-hybridized carbons (Fsp3) is 0.360. The Labute approximate surface area is 183 Å². The zero-order valence-electron chi connectivity index (χ0n) is 18.4. The van der Waals surface area contributed by atoms with E-state index in [4.69, 9.17) is 9.47 Å². The van der Waals surface area contributed by atoms with Gasteiger partial charge in [0, 0.05) is 17.7 Å². The van der Waals surface area contributed by atoms with E-state index in [2.05, 4.69) is 0 Å². The molecule has 164 valence electrons. The van der Waals surface area contributed by atoms with Crippen LogP contribution >= 0.6 is 0 Å². The maximum atomic E-state index is 13.0. The van der Waals surface area contributed by atoms with E-state index < -0.39 is 17.7 Å². The van der Waals surface area contributed by atoms with Crippen molar-refractivity contribution in [2.75, 3.05) is 20.3 Å². The summed E-state index contributed by atoms with van der Waals surface area (Å²) < 4.78 is 11.2. The minimum Gasteiger partial charge on any atom is -0.507 e. The molecule has 1 heterocycles. The second-order valence-corrected chi connectivity index (χ2v) is 7.97. The molecule has 6 nitrogen and oxygen atoms in total. The monoisotopic (exact) mass is 423 g/mol. The van der Waals surface area contributed by atoms with Crippen molar-refractivity contribution in [2.45, 2.75) is 33.2 Å². The Bertz CT molecular complexity index is 995. The van der Waals surface area contributed by atoms with Crippen molar-refractivity contribution in [1.29, 1.82) is 0 Å². The molecule has 2 aromatic carbocycles. The third kappa shape index (κ3) is 4.58. The molecule has 1 N–H and O–H groups in total. The summed E-state index contributed by atoms with van der Waals surface area (Å²) in [5.74, 6) is -0.0447. The zero-order chi connectivity index (χ0) is 22.5. The minimum absolute atomic E-state index is 0.0592. The molecule has 1 amide bonds. The van der Waals surface area contributed by atoms with Crippen molar-refractivity contribution >= 4 is 17.4 Å². The number of carbonyl (C=O) groups is 2. The predicted octanol–water partition coefficient (Wildman–Crippen LogP) is 4.56. The Morgan fingerprint density at radius 2 is 1.87 bits per heavy atom. The minimum atomic E-state index is -0.726. The van der Waals surface area contributed by atoms with Crippen LogP contribution in [0.15, 0.2) is 54.1 Å². The van der Waals surface area contributed by atoms with E-state index in [1.54, 1.807) is 37.4 Å². The van der Waals surface area contributed by atoms with Crippen molar-refractivity contribution in [3.05, 3.63) is 65.2 Å². The third-order valence-electron chi connectivity index (χ3n) is 5.13. The molecule has 0 radical (unpaired) electrons. The van der Waals surface area contributed by atoms with Crippen LogP contribution in [0, 0.1) is 5.92 Å². The first-order valence-electron chi connectivity index (χ1n) is 10.5. The molecule has 31 heavy (non-hydrogen) atoms. The quantitative estimate of drug-likeness (QED) is 0.383. The first-order valence-corrected chi connectivity index (χ1v) is 10.5. The van der Waals surface area contributed by atoms with Gasteiger partial charge in [-0.25, -0.2) is 0 Å². The maximum absolute atomic E-state index is 13.0. The largest absolute Gasteiger partial charge is 0.507 e. The number of methoxy groups -OCH3 is 1. The SMILES string of the molecule is CCCN1C(=O)C(=O)/C(=C(\O)c2cccc(OCC(C)C)c2)C1c1ccccc1OC. The molecule has 0 spiro atoms. The van der Waals surface area contributed by atoms with Gasteiger partial charge in [-0.2, -0.15) is 0 Å². The van der Waals surface area contributed by atoms with Crippen molar-refractivity contribution < 1.29 is 24.2 Å². The highest BCUT2D eigenvalue weighted by atomic mass is 16.5. The number of para-hydroxylation sites is 1. The molecule has 1 aliphatic rings. The third-order valence-corrected chi connectivity index (χ3v) is 5.13. The van der Waals surface area contributed by atoms with Gasteiger partial charge in [-0.1, -0.05) is 51.1 Å². The van der Waals surface area contributed by atoms with E-state index in [1.807, 2.05) is 39.0 Å². The fourth-order valence-electron chi connectivity index (χ4n) is 3.72. The molecule has 1 unspecified atom stereocenters. The van der Waals surface area contributed by atoms with Crippen molar-refractivity contribution in [3.8, 4) is 11.5 Å². The first-order chi connectivity index (χ1) is 14.9. The molecule has 1 aliphatic heterocycles. The normalized spacial score (nSPS) is 18.0. The van der Waals surface area contributed by atoms with Gasteiger partial charge in [0.1, 0.15) is 17.3 Å². The smallest absolute Gasteiger partial charge is 0.295 e. The fourth-order valence-corrected chi connectivity index (χ4v) is 3.72. The Morgan fingerprint density at radius 3 is 2.55 bits per heavy atom. The van der Waals surface area contributed by atoms with Gasteiger partial charge in [-0.15, -0.1) is 0 Å². The van der Waals surface area contributed by atoms with Crippen LogP contribution in [0.25, 0.3) is 5.76 Å². The number of Topliss-reactive ketones (excluding diaryl/α,β-unsaturated/α-hetero) is 1. The van der Waals surface area contributed by atoms with E-state index in [0.717, 1.165) is 0 Å². The maximum Gasteiger partial charge on any atom is 0.295 e.